The van der Waals surface area contributed by atoms with Crippen molar-refractivity contribution in [2.45, 2.75) is 0 Å². The number of rotatable bonds is 7. The van der Waals surface area contributed by atoms with Crippen LogP contribution >= 0.6 is 0 Å². The fraction of sp³-hybridized carbons (Fsp3) is 0. The number of urea groups is 1. The lowest BCUT2D eigenvalue weighted by atomic mass is 10.2. The van der Waals surface area contributed by atoms with Crippen LogP contribution in [0.25, 0.3) is 11.3 Å². The molecule has 0 aliphatic rings. The highest BCUT2D eigenvalue weighted by molar-refractivity contribution is 5.99. The second-order valence-electron chi connectivity index (χ2n) is 7.77. The normalized spacial score (nSPS) is 10.5. The fourth-order valence-electron chi connectivity index (χ4n) is 3.38. The van der Waals surface area contributed by atoms with E-state index in [2.05, 4.69) is 25.8 Å². The number of hydrogen-bond donors (Lipinski definition) is 3. The molecule has 37 heavy (non-hydrogen) atoms. The van der Waals surface area contributed by atoms with Gasteiger partial charge in [-0.2, -0.15) is 5.10 Å². The second kappa shape index (κ2) is 10.6. The number of aromatic nitrogens is 3. The third-order valence-electron chi connectivity index (χ3n) is 5.08. The highest BCUT2D eigenvalue weighted by Crippen LogP contribution is 2.29. The van der Waals surface area contributed by atoms with Crippen LogP contribution in [0.1, 0.15) is 0 Å². The molecule has 0 atom stereocenters. The highest BCUT2D eigenvalue weighted by atomic mass is 19.1. The van der Waals surface area contributed by atoms with Crippen molar-refractivity contribution in [2.75, 3.05) is 10.6 Å². The number of hydrogen-bond acceptors (Lipinski definition) is 5. The lowest BCUT2D eigenvalue weighted by molar-refractivity contribution is 0.262. The van der Waals surface area contributed by atoms with Crippen LogP contribution in [0.5, 0.6) is 23.0 Å². The zero-order valence-corrected chi connectivity index (χ0v) is 19.1. The Labute approximate surface area is 209 Å². The van der Waals surface area contributed by atoms with Crippen molar-refractivity contribution in [3.63, 3.8) is 0 Å². The number of anilines is 2. The first-order chi connectivity index (χ1) is 18.0. The Morgan fingerprint density at radius 3 is 2.35 bits per heavy atom. The minimum Gasteiger partial charge on any atom is -0.457 e. The van der Waals surface area contributed by atoms with Gasteiger partial charge in [-0.1, -0.05) is 6.07 Å². The average molecular weight is 499 g/mol. The van der Waals surface area contributed by atoms with Crippen molar-refractivity contribution in [3.05, 3.63) is 109 Å². The van der Waals surface area contributed by atoms with Crippen LogP contribution in [-0.2, 0) is 0 Å². The van der Waals surface area contributed by atoms with E-state index in [-0.39, 0.29) is 17.3 Å². The molecule has 0 aliphatic carbocycles. The zero-order valence-electron chi connectivity index (χ0n) is 19.1. The molecule has 3 N–H and O–H groups in total. The standard InChI is InChI=1S/C27H19F2N5O3/c28-18-4-7-21(8-5-18)36-22-3-1-2-19(12-22)33-27(35)34-20-6-9-26(24(29)13-20)37-23-10-11-30-25(14-23)17-15-31-32-16-17/h1-16H,(H,31,32)(H2,33,34,35). The van der Waals surface area contributed by atoms with Gasteiger partial charge in [0.15, 0.2) is 11.6 Å². The minimum absolute atomic E-state index is 0.0130. The van der Waals surface area contributed by atoms with Crippen LogP contribution in [0, 0.1) is 11.6 Å². The summed E-state index contributed by atoms with van der Waals surface area (Å²) in [6, 6.07) is 19.0. The maximum Gasteiger partial charge on any atom is 0.323 e. The smallest absolute Gasteiger partial charge is 0.323 e. The van der Waals surface area contributed by atoms with Gasteiger partial charge in [-0.25, -0.2) is 13.6 Å². The molecule has 8 nitrogen and oxygen atoms in total. The van der Waals surface area contributed by atoms with Gasteiger partial charge in [0.1, 0.15) is 23.1 Å². The van der Waals surface area contributed by atoms with Crippen molar-refractivity contribution in [2.24, 2.45) is 0 Å². The lowest BCUT2D eigenvalue weighted by Crippen LogP contribution is -2.19. The number of halogens is 2. The van der Waals surface area contributed by atoms with E-state index in [1.807, 2.05) is 0 Å². The summed E-state index contributed by atoms with van der Waals surface area (Å²) in [7, 11) is 0. The fourth-order valence-corrected chi connectivity index (χ4v) is 3.38. The van der Waals surface area contributed by atoms with Gasteiger partial charge in [0.25, 0.3) is 0 Å². The van der Waals surface area contributed by atoms with Gasteiger partial charge in [-0.05, 0) is 54.6 Å². The summed E-state index contributed by atoms with van der Waals surface area (Å²) in [4.78, 5) is 16.7. The highest BCUT2D eigenvalue weighted by Gasteiger charge is 2.11. The topological polar surface area (TPSA) is 101 Å². The summed E-state index contributed by atoms with van der Waals surface area (Å²) in [5, 5.41) is 11.8. The minimum atomic E-state index is -0.658. The first kappa shape index (κ1) is 23.5. The molecule has 184 valence electrons. The zero-order chi connectivity index (χ0) is 25.6. The van der Waals surface area contributed by atoms with E-state index in [1.54, 1.807) is 55.0 Å². The van der Waals surface area contributed by atoms with Gasteiger partial charge in [-0.3, -0.25) is 10.1 Å². The number of H-pyrrole nitrogens is 1. The molecule has 0 saturated carbocycles. The number of amides is 2. The largest absolute Gasteiger partial charge is 0.457 e. The molecule has 10 heteroatoms. The molecule has 5 rings (SSSR count). The number of nitrogens with zero attached hydrogens (tertiary/aromatic N) is 2. The summed E-state index contributed by atoms with van der Waals surface area (Å²) in [5.41, 5.74) is 2.07. The van der Waals surface area contributed by atoms with Gasteiger partial charge in [0, 0.05) is 47.5 Å². The maximum absolute atomic E-state index is 14.7. The third kappa shape index (κ3) is 6.06. The van der Waals surface area contributed by atoms with Gasteiger partial charge < -0.3 is 20.1 Å². The first-order valence-corrected chi connectivity index (χ1v) is 11.1. The molecule has 0 bridgehead atoms. The van der Waals surface area contributed by atoms with Crippen molar-refractivity contribution in [3.8, 4) is 34.3 Å². The van der Waals surface area contributed by atoms with E-state index in [0.29, 0.717) is 28.6 Å². The summed E-state index contributed by atoms with van der Waals surface area (Å²) >= 11 is 0. The van der Waals surface area contributed by atoms with E-state index < -0.39 is 11.8 Å². The van der Waals surface area contributed by atoms with Gasteiger partial charge in [0.05, 0.1) is 11.9 Å². The Hall–Kier alpha value is -5.25. The van der Waals surface area contributed by atoms with Crippen molar-refractivity contribution in [1.29, 1.82) is 0 Å². The Kier molecular flexibility index (Phi) is 6.71. The number of nitrogens with one attached hydrogen (secondary N) is 3. The van der Waals surface area contributed by atoms with E-state index in [9.17, 15) is 13.6 Å². The second-order valence-corrected chi connectivity index (χ2v) is 7.77. The predicted molar refractivity (Wildman–Crippen MR) is 134 cm³/mol. The molecule has 0 spiro atoms. The predicted octanol–water partition coefficient (Wildman–Crippen LogP) is 6.98. The Bertz CT molecular complexity index is 1530. The molecule has 2 heterocycles. The number of benzene rings is 3. The van der Waals surface area contributed by atoms with Gasteiger partial charge >= 0.3 is 6.03 Å². The summed E-state index contributed by atoms with van der Waals surface area (Å²) in [6.45, 7) is 0. The molecule has 3 aromatic carbocycles. The van der Waals surface area contributed by atoms with Gasteiger partial charge in [-0.15, -0.1) is 0 Å². The monoisotopic (exact) mass is 499 g/mol. The number of carbonyl (C=O) groups excluding carboxylic acids is 1. The quantitative estimate of drug-likeness (QED) is 0.224. The maximum atomic E-state index is 14.7. The Morgan fingerprint density at radius 2 is 1.59 bits per heavy atom. The van der Waals surface area contributed by atoms with E-state index in [4.69, 9.17) is 9.47 Å². The van der Waals surface area contributed by atoms with E-state index in [1.165, 1.54) is 36.4 Å². The molecular formula is C27H19F2N5O3. The SMILES string of the molecule is O=C(Nc1cccc(Oc2ccc(F)cc2)c1)Nc1ccc(Oc2ccnc(-c3cn[nH]c3)c2)c(F)c1. The lowest BCUT2D eigenvalue weighted by Gasteiger charge is -2.11. The molecule has 0 radical (unpaired) electrons. The van der Waals surface area contributed by atoms with Crippen LogP contribution in [-0.4, -0.2) is 21.2 Å². The number of aromatic amines is 1. The summed E-state index contributed by atoms with van der Waals surface area (Å²) in [6.07, 6.45) is 4.86. The number of carbonyl (C=O) groups is 1. The molecule has 0 saturated heterocycles. The number of pyridine rings is 1. The van der Waals surface area contributed by atoms with Crippen LogP contribution in [0.15, 0.2) is 97.5 Å². The molecule has 0 unspecified atom stereocenters. The Balaban J connectivity index is 1.21. The molecule has 0 aliphatic heterocycles. The average Bonchev–Trinajstić information content (AvgIpc) is 3.43. The third-order valence-corrected chi connectivity index (χ3v) is 5.08. The summed E-state index contributed by atoms with van der Waals surface area (Å²) < 4.78 is 39.1. The van der Waals surface area contributed by atoms with Gasteiger partial charge in [0.2, 0.25) is 0 Å². The van der Waals surface area contributed by atoms with E-state index in [0.717, 1.165) is 11.6 Å². The molecular weight excluding hydrogens is 480 g/mol. The first-order valence-electron chi connectivity index (χ1n) is 11.1. The van der Waals surface area contributed by atoms with Crippen molar-refractivity contribution < 1.29 is 23.0 Å². The van der Waals surface area contributed by atoms with Crippen LogP contribution < -0.4 is 20.1 Å². The van der Waals surface area contributed by atoms with Crippen molar-refractivity contribution in [1.82, 2.24) is 15.2 Å². The summed E-state index contributed by atoms with van der Waals surface area (Å²) in [5.74, 6) is 0.253. The number of ether oxygens (including phenoxy) is 2. The molecule has 0 fully saturated rings. The Morgan fingerprint density at radius 1 is 0.811 bits per heavy atom. The van der Waals surface area contributed by atoms with Crippen LogP contribution in [0.4, 0.5) is 25.0 Å². The van der Waals surface area contributed by atoms with Crippen LogP contribution in [0.2, 0.25) is 0 Å². The van der Waals surface area contributed by atoms with Crippen LogP contribution in [0.3, 0.4) is 0 Å². The molecule has 2 aromatic heterocycles. The van der Waals surface area contributed by atoms with Crippen molar-refractivity contribution >= 4 is 17.4 Å². The molecule has 2 amide bonds. The molecule has 5 aromatic rings. The van der Waals surface area contributed by atoms with E-state index >= 15 is 0 Å².